The Morgan fingerprint density at radius 2 is 1.74 bits per heavy atom. The number of carbonyl (C=O) groups excluding carboxylic acids is 2. The van der Waals surface area contributed by atoms with E-state index < -0.39 is 0 Å². The molecule has 0 aliphatic carbocycles. The third kappa shape index (κ3) is 4.23. The molecule has 0 saturated carbocycles. The van der Waals surface area contributed by atoms with Crippen molar-refractivity contribution in [1.29, 1.82) is 0 Å². The standard InChI is InChI=1S/C25H26N4O2/c1-16(30)18-12-24(26-13-18)25(31)28-14-21(17-8-10-19(11-9-17)29(2)3)22-15-27-23-7-5-4-6-20(22)23/h4-13,15,21,26-27H,14H2,1-3H3,(H,28,31)/t21-/m1/s1. The molecular formula is C25H26N4O2. The highest BCUT2D eigenvalue weighted by Crippen LogP contribution is 2.31. The lowest BCUT2D eigenvalue weighted by molar-refractivity contribution is 0.0948. The molecule has 0 radical (unpaired) electrons. The molecule has 158 valence electrons. The van der Waals surface area contributed by atoms with Crippen LogP contribution in [0.3, 0.4) is 0 Å². The summed E-state index contributed by atoms with van der Waals surface area (Å²) in [5, 5.41) is 4.17. The van der Waals surface area contributed by atoms with Crippen LogP contribution in [-0.4, -0.2) is 42.3 Å². The fraction of sp³-hybridized carbons (Fsp3) is 0.200. The maximum Gasteiger partial charge on any atom is 0.267 e. The minimum absolute atomic E-state index is 0.0291. The van der Waals surface area contributed by atoms with E-state index in [1.54, 1.807) is 12.3 Å². The molecule has 0 saturated heterocycles. The van der Waals surface area contributed by atoms with Crippen LogP contribution in [0.25, 0.3) is 10.9 Å². The van der Waals surface area contributed by atoms with Crippen LogP contribution in [-0.2, 0) is 0 Å². The minimum Gasteiger partial charge on any atom is -0.378 e. The van der Waals surface area contributed by atoms with E-state index in [0.29, 0.717) is 17.8 Å². The SMILES string of the molecule is CC(=O)c1c[nH]c(C(=O)NC[C@H](c2ccc(N(C)C)cc2)c2c[nH]c3ccccc23)c1. The van der Waals surface area contributed by atoms with Crippen LogP contribution in [0.1, 0.15) is 44.8 Å². The number of hydrogen-bond donors (Lipinski definition) is 3. The van der Waals surface area contributed by atoms with E-state index >= 15 is 0 Å². The summed E-state index contributed by atoms with van der Waals surface area (Å²) in [7, 11) is 4.02. The average Bonchev–Trinajstić information content (AvgIpc) is 3.42. The summed E-state index contributed by atoms with van der Waals surface area (Å²) in [4.78, 5) is 32.5. The van der Waals surface area contributed by atoms with Crippen molar-refractivity contribution in [3.8, 4) is 0 Å². The Labute approximate surface area is 181 Å². The van der Waals surface area contributed by atoms with Crippen LogP contribution < -0.4 is 10.2 Å². The Morgan fingerprint density at radius 1 is 1.00 bits per heavy atom. The molecule has 3 N–H and O–H groups in total. The second-order valence-electron chi connectivity index (χ2n) is 7.90. The van der Waals surface area contributed by atoms with Gasteiger partial charge in [-0.25, -0.2) is 0 Å². The highest BCUT2D eigenvalue weighted by molar-refractivity contribution is 5.99. The molecule has 4 rings (SSSR count). The molecule has 6 nitrogen and oxygen atoms in total. The molecule has 1 atom stereocenters. The van der Waals surface area contributed by atoms with E-state index in [1.807, 2.05) is 38.5 Å². The van der Waals surface area contributed by atoms with Crippen LogP contribution >= 0.6 is 0 Å². The molecule has 2 aromatic heterocycles. The number of Topliss-reactive ketones (excluding diaryl/α,β-unsaturated/α-hetero) is 1. The zero-order valence-corrected chi connectivity index (χ0v) is 17.9. The Morgan fingerprint density at radius 3 is 2.42 bits per heavy atom. The number of benzene rings is 2. The van der Waals surface area contributed by atoms with Gasteiger partial charge < -0.3 is 20.2 Å². The first-order valence-electron chi connectivity index (χ1n) is 10.2. The number of nitrogens with one attached hydrogen (secondary N) is 3. The summed E-state index contributed by atoms with van der Waals surface area (Å²) in [6.07, 6.45) is 3.58. The molecule has 0 bridgehead atoms. The molecule has 2 heterocycles. The Kier molecular flexibility index (Phi) is 5.62. The second kappa shape index (κ2) is 8.52. The second-order valence-corrected chi connectivity index (χ2v) is 7.90. The van der Waals surface area contributed by atoms with Crippen LogP contribution in [0.15, 0.2) is 67.0 Å². The highest BCUT2D eigenvalue weighted by atomic mass is 16.2. The largest absolute Gasteiger partial charge is 0.378 e. The number of H-pyrrole nitrogens is 2. The molecule has 6 heteroatoms. The zero-order valence-electron chi connectivity index (χ0n) is 17.9. The number of rotatable bonds is 7. The van der Waals surface area contributed by atoms with Crippen LogP contribution in [0.5, 0.6) is 0 Å². The third-order valence-electron chi connectivity index (χ3n) is 5.61. The van der Waals surface area contributed by atoms with Crippen molar-refractivity contribution < 1.29 is 9.59 Å². The van der Waals surface area contributed by atoms with E-state index in [1.165, 1.54) is 6.92 Å². The smallest absolute Gasteiger partial charge is 0.267 e. The molecule has 0 unspecified atom stereocenters. The van der Waals surface area contributed by atoms with Crippen molar-refractivity contribution in [3.63, 3.8) is 0 Å². The number of fused-ring (bicyclic) bond motifs is 1. The lowest BCUT2D eigenvalue weighted by Gasteiger charge is -2.20. The van der Waals surface area contributed by atoms with E-state index in [-0.39, 0.29) is 17.6 Å². The monoisotopic (exact) mass is 414 g/mol. The topological polar surface area (TPSA) is 81.0 Å². The van der Waals surface area contributed by atoms with Crippen LogP contribution in [0.4, 0.5) is 5.69 Å². The molecule has 31 heavy (non-hydrogen) atoms. The molecule has 0 spiro atoms. The van der Waals surface area contributed by atoms with Gasteiger partial charge >= 0.3 is 0 Å². The van der Waals surface area contributed by atoms with Gasteiger partial charge in [0.05, 0.1) is 0 Å². The average molecular weight is 415 g/mol. The molecule has 0 aliphatic rings. The number of hydrogen-bond acceptors (Lipinski definition) is 3. The number of aromatic nitrogens is 2. The van der Waals surface area contributed by atoms with Crippen LogP contribution in [0, 0.1) is 0 Å². The van der Waals surface area contributed by atoms with Gasteiger partial charge in [-0.05, 0) is 42.3 Å². The van der Waals surface area contributed by atoms with Gasteiger partial charge in [-0.3, -0.25) is 9.59 Å². The molecule has 0 fully saturated rings. The van der Waals surface area contributed by atoms with Gasteiger partial charge in [0.1, 0.15) is 5.69 Å². The summed E-state index contributed by atoms with van der Waals surface area (Å²) in [6, 6.07) is 18.1. The molecule has 4 aromatic rings. The van der Waals surface area contributed by atoms with Gasteiger partial charge in [-0.15, -0.1) is 0 Å². The fourth-order valence-electron chi connectivity index (χ4n) is 3.81. The van der Waals surface area contributed by atoms with Crippen molar-refractivity contribution in [1.82, 2.24) is 15.3 Å². The van der Waals surface area contributed by atoms with Crippen molar-refractivity contribution in [2.45, 2.75) is 12.8 Å². The van der Waals surface area contributed by atoms with Gasteiger partial charge in [-0.2, -0.15) is 0 Å². The zero-order chi connectivity index (χ0) is 22.0. The lowest BCUT2D eigenvalue weighted by Crippen LogP contribution is -2.29. The van der Waals surface area contributed by atoms with E-state index in [4.69, 9.17) is 0 Å². The predicted molar refractivity (Wildman–Crippen MR) is 124 cm³/mol. The Bertz CT molecular complexity index is 1220. The van der Waals surface area contributed by atoms with Crippen molar-refractivity contribution >= 4 is 28.3 Å². The number of carbonyl (C=O) groups is 2. The minimum atomic E-state index is -0.234. The first kappa shape index (κ1) is 20.5. The first-order valence-corrected chi connectivity index (χ1v) is 10.2. The Balaban J connectivity index is 1.63. The van der Waals surface area contributed by atoms with Gasteiger partial charge in [0, 0.05) is 61.1 Å². The number of nitrogens with zero attached hydrogens (tertiary/aromatic N) is 1. The fourth-order valence-corrected chi connectivity index (χ4v) is 3.81. The van der Waals surface area contributed by atoms with Crippen molar-refractivity contribution in [2.24, 2.45) is 0 Å². The van der Waals surface area contributed by atoms with Crippen molar-refractivity contribution in [2.75, 3.05) is 25.5 Å². The molecule has 1 amide bonds. The van der Waals surface area contributed by atoms with Crippen LogP contribution in [0.2, 0.25) is 0 Å². The number of ketones is 1. The lowest BCUT2D eigenvalue weighted by atomic mass is 9.90. The number of anilines is 1. The quantitative estimate of drug-likeness (QED) is 0.394. The van der Waals surface area contributed by atoms with Gasteiger partial charge in [0.25, 0.3) is 5.91 Å². The maximum absolute atomic E-state index is 12.7. The van der Waals surface area contributed by atoms with E-state index in [0.717, 1.165) is 27.7 Å². The molecule has 0 aliphatic heterocycles. The number of para-hydroxylation sites is 1. The Hall–Kier alpha value is -3.80. The van der Waals surface area contributed by atoms with E-state index in [2.05, 4.69) is 50.5 Å². The van der Waals surface area contributed by atoms with E-state index in [9.17, 15) is 9.59 Å². The maximum atomic E-state index is 12.7. The number of amides is 1. The third-order valence-corrected chi connectivity index (χ3v) is 5.61. The van der Waals surface area contributed by atoms with Crippen molar-refractivity contribution in [3.05, 3.63) is 89.4 Å². The molecule has 2 aromatic carbocycles. The summed E-state index contributed by atoms with van der Waals surface area (Å²) in [6.45, 7) is 1.91. The summed E-state index contributed by atoms with van der Waals surface area (Å²) in [5.74, 6) is -0.339. The predicted octanol–water partition coefficient (Wildman–Crippen LogP) is 4.33. The summed E-state index contributed by atoms with van der Waals surface area (Å²) in [5.41, 5.74) is 5.31. The normalized spacial score (nSPS) is 12.0. The highest BCUT2D eigenvalue weighted by Gasteiger charge is 2.20. The first-order chi connectivity index (χ1) is 14.9. The van der Waals surface area contributed by atoms with Gasteiger partial charge in [0.15, 0.2) is 5.78 Å². The van der Waals surface area contributed by atoms with Gasteiger partial charge in [0.2, 0.25) is 0 Å². The summed E-state index contributed by atoms with van der Waals surface area (Å²) < 4.78 is 0. The molecular weight excluding hydrogens is 388 g/mol. The summed E-state index contributed by atoms with van der Waals surface area (Å²) >= 11 is 0. The number of aromatic amines is 2. The van der Waals surface area contributed by atoms with Gasteiger partial charge in [-0.1, -0.05) is 30.3 Å².